The lowest BCUT2D eigenvalue weighted by atomic mass is 10.3. The molecule has 11 heteroatoms. The first kappa shape index (κ1) is 19.0. The van der Waals surface area contributed by atoms with Crippen LogP contribution in [0.4, 0.5) is 0 Å². The van der Waals surface area contributed by atoms with Gasteiger partial charge in [0.2, 0.25) is 0 Å². The average Bonchev–Trinajstić information content (AvgIpc) is 3.32. The van der Waals surface area contributed by atoms with E-state index in [4.69, 9.17) is 4.74 Å². The predicted octanol–water partition coefficient (Wildman–Crippen LogP) is 1.72. The van der Waals surface area contributed by atoms with E-state index in [1.165, 1.54) is 24.2 Å². The van der Waals surface area contributed by atoms with Gasteiger partial charge in [0.15, 0.2) is 27.1 Å². The molecular formula is C18H19N7O3S. The summed E-state index contributed by atoms with van der Waals surface area (Å²) in [5.41, 5.74) is 2.49. The zero-order chi connectivity index (χ0) is 20.8. The van der Waals surface area contributed by atoms with E-state index in [-0.39, 0.29) is 22.4 Å². The quantitative estimate of drug-likeness (QED) is 0.485. The highest BCUT2D eigenvalue weighted by Gasteiger charge is 2.24. The lowest BCUT2D eigenvalue weighted by Crippen LogP contribution is -2.11. The van der Waals surface area contributed by atoms with Gasteiger partial charge in [0.1, 0.15) is 17.5 Å². The number of rotatable bonds is 5. The van der Waals surface area contributed by atoms with Crippen molar-refractivity contribution in [2.45, 2.75) is 18.7 Å². The molecule has 10 nitrogen and oxygen atoms in total. The molecule has 150 valence electrons. The van der Waals surface area contributed by atoms with Crippen molar-refractivity contribution in [2.75, 3.05) is 12.9 Å². The second-order valence-corrected chi connectivity index (χ2v) is 8.69. The van der Waals surface area contributed by atoms with Gasteiger partial charge in [-0.2, -0.15) is 9.67 Å². The van der Waals surface area contributed by atoms with Crippen molar-refractivity contribution in [2.24, 2.45) is 7.05 Å². The van der Waals surface area contributed by atoms with Gasteiger partial charge in [-0.05, 0) is 30.7 Å². The van der Waals surface area contributed by atoms with Gasteiger partial charge < -0.3 is 9.30 Å². The average molecular weight is 413 g/mol. The summed E-state index contributed by atoms with van der Waals surface area (Å²) in [6.07, 6.45) is 3.18. The molecule has 4 aromatic heterocycles. The third-order valence-corrected chi connectivity index (χ3v) is 6.26. The predicted molar refractivity (Wildman–Crippen MR) is 106 cm³/mol. The number of methoxy groups -OCH3 is 1. The Balaban J connectivity index is 1.99. The monoisotopic (exact) mass is 413 g/mol. The Hall–Kier alpha value is -3.34. The summed E-state index contributed by atoms with van der Waals surface area (Å²) in [6.45, 7) is 3.51. The number of sulfone groups is 1. The molecule has 0 saturated heterocycles. The summed E-state index contributed by atoms with van der Waals surface area (Å²) < 4.78 is 33.6. The number of ether oxygens (including phenoxy) is 1. The zero-order valence-corrected chi connectivity index (χ0v) is 17.2. The number of imidazole rings is 1. The number of fused-ring (bicyclic) bond motifs is 1. The van der Waals surface area contributed by atoms with Crippen molar-refractivity contribution in [3.8, 4) is 23.3 Å². The first-order chi connectivity index (χ1) is 13.8. The molecule has 0 fully saturated rings. The molecule has 0 aliphatic rings. The number of aryl methyl sites for hydroxylation is 2. The van der Waals surface area contributed by atoms with Crippen LogP contribution < -0.4 is 4.74 Å². The normalized spacial score (nSPS) is 11.9. The van der Waals surface area contributed by atoms with Crippen LogP contribution in [0.5, 0.6) is 6.01 Å². The molecule has 29 heavy (non-hydrogen) atoms. The topological polar surface area (TPSA) is 118 Å². The van der Waals surface area contributed by atoms with E-state index in [0.29, 0.717) is 22.8 Å². The summed E-state index contributed by atoms with van der Waals surface area (Å²) in [6, 6.07) is 5.17. The van der Waals surface area contributed by atoms with Gasteiger partial charge in [-0.15, -0.1) is 5.10 Å². The minimum absolute atomic E-state index is 0.0561. The summed E-state index contributed by atoms with van der Waals surface area (Å²) in [4.78, 5) is 17.7. The number of aromatic nitrogens is 7. The van der Waals surface area contributed by atoms with E-state index >= 15 is 0 Å². The molecule has 0 saturated carbocycles. The molecule has 0 aliphatic heterocycles. The van der Waals surface area contributed by atoms with Crippen molar-refractivity contribution < 1.29 is 13.2 Å². The summed E-state index contributed by atoms with van der Waals surface area (Å²) in [7, 11) is -0.302. The second kappa shape index (κ2) is 6.92. The van der Waals surface area contributed by atoms with E-state index in [1.54, 1.807) is 30.8 Å². The minimum atomic E-state index is -3.54. The van der Waals surface area contributed by atoms with Crippen LogP contribution in [0.1, 0.15) is 12.5 Å². The summed E-state index contributed by atoms with van der Waals surface area (Å²) >= 11 is 0. The fourth-order valence-corrected chi connectivity index (χ4v) is 3.99. The second-order valence-electron chi connectivity index (χ2n) is 6.45. The molecule has 0 spiro atoms. The van der Waals surface area contributed by atoms with E-state index in [2.05, 4.69) is 25.0 Å². The van der Waals surface area contributed by atoms with Crippen LogP contribution in [0, 0.1) is 6.92 Å². The largest absolute Gasteiger partial charge is 0.466 e. The number of hydrogen-bond acceptors (Lipinski definition) is 8. The van der Waals surface area contributed by atoms with E-state index in [0.717, 1.165) is 5.56 Å². The molecule has 4 heterocycles. The van der Waals surface area contributed by atoms with Gasteiger partial charge in [-0.25, -0.2) is 23.4 Å². The van der Waals surface area contributed by atoms with Crippen LogP contribution in [-0.4, -0.2) is 55.6 Å². The molecule has 0 radical (unpaired) electrons. The first-order valence-electron chi connectivity index (χ1n) is 8.83. The highest BCUT2D eigenvalue weighted by molar-refractivity contribution is 7.91. The van der Waals surface area contributed by atoms with E-state index in [9.17, 15) is 8.42 Å². The third-order valence-electron chi connectivity index (χ3n) is 4.50. The maximum atomic E-state index is 12.7. The van der Waals surface area contributed by atoms with Crippen LogP contribution in [0.3, 0.4) is 0 Å². The number of pyridine rings is 2. The molecule has 4 rings (SSSR count). The summed E-state index contributed by atoms with van der Waals surface area (Å²) in [5.74, 6) is 0.737. The van der Waals surface area contributed by atoms with Crippen molar-refractivity contribution in [1.29, 1.82) is 0 Å². The number of hydrogen-bond donors (Lipinski definition) is 0. The van der Waals surface area contributed by atoms with E-state index in [1.807, 2.05) is 13.0 Å². The minimum Gasteiger partial charge on any atom is -0.466 e. The molecule has 0 N–H and O–H groups in total. The van der Waals surface area contributed by atoms with Gasteiger partial charge in [0.05, 0.1) is 17.8 Å². The molecule has 0 amide bonds. The zero-order valence-electron chi connectivity index (χ0n) is 16.4. The standard InChI is InChI=1S/C18H19N7O3S/c1-5-29(26,27)13-6-7-14(25-10-20-18(23-25)28-4)22-15(13)17-21-12-8-11(2)9-19-16(12)24(17)3/h6-10H,5H2,1-4H3. The molecule has 0 unspecified atom stereocenters. The van der Waals surface area contributed by atoms with Crippen LogP contribution in [-0.2, 0) is 16.9 Å². The van der Waals surface area contributed by atoms with Crippen molar-refractivity contribution in [1.82, 2.24) is 34.3 Å². The van der Waals surface area contributed by atoms with Crippen LogP contribution in [0.15, 0.2) is 35.6 Å². The lowest BCUT2D eigenvalue weighted by Gasteiger charge is -2.10. The molecule has 0 bridgehead atoms. The Kier molecular flexibility index (Phi) is 4.53. The van der Waals surface area contributed by atoms with Gasteiger partial charge >= 0.3 is 6.01 Å². The Morgan fingerprint density at radius 1 is 1.17 bits per heavy atom. The highest BCUT2D eigenvalue weighted by atomic mass is 32.2. The first-order valence-corrected chi connectivity index (χ1v) is 10.5. The fourth-order valence-electron chi connectivity index (χ4n) is 2.97. The van der Waals surface area contributed by atoms with Gasteiger partial charge in [0, 0.05) is 13.2 Å². The van der Waals surface area contributed by atoms with Gasteiger partial charge in [-0.1, -0.05) is 6.92 Å². The third kappa shape index (κ3) is 3.23. The number of nitrogens with zero attached hydrogens (tertiary/aromatic N) is 7. The van der Waals surface area contributed by atoms with Gasteiger partial charge in [0.25, 0.3) is 0 Å². The Bertz CT molecular complexity index is 1320. The molecule has 0 atom stereocenters. The van der Waals surface area contributed by atoms with Gasteiger partial charge in [-0.3, -0.25) is 0 Å². The van der Waals surface area contributed by atoms with Crippen LogP contribution in [0.2, 0.25) is 0 Å². The molecule has 0 aliphatic carbocycles. The maximum Gasteiger partial charge on any atom is 0.335 e. The molecule has 0 aromatic carbocycles. The summed E-state index contributed by atoms with van der Waals surface area (Å²) in [5, 5.41) is 4.15. The van der Waals surface area contributed by atoms with Crippen molar-refractivity contribution in [3.63, 3.8) is 0 Å². The Labute approximate surface area is 167 Å². The Morgan fingerprint density at radius 3 is 2.66 bits per heavy atom. The smallest absolute Gasteiger partial charge is 0.335 e. The Morgan fingerprint density at radius 2 is 1.97 bits per heavy atom. The maximum absolute atomic E-state index is 12.7. The van der Waals surface area contributed by atoms with Crippen molar-refractivity contribution >= 4 is 21.0 Å². The van der Waals surface area contributed by atoms with Crippen molar-refractivity contribution in [3.05, 3.63) is 36.3 Å². The van der Waals surface area contributed by atoms with Crippen LogP contribution >= 0.6 is 0 Å². The molecule has 4 aromatic rings. The van der Waals surface area contributed by atoms with Crippen LogP contribution in [0.25, 0.3) is 28.5 Å². The highest BCUT2D eigenvalue weighted by Crippen LogP contribution is 2.29. The SMILES string of the molecule is CCS(=O)(=O)c1ccc(-n2cnc(OC)n2)nc1-c1nc2cc(C)cnc2n1C. The van der Waals surface area contributed by atoms with E-state index < -0.39 is 9.84 Å². The fraction of sp³-hybridized carbons (Fsp3) is 0.278. The lowest BCUT2D eigenvalue weighted by molar-refractivity contribution is 0.379. The molecular weight excluding hydrogens is 394 g/mol.